The first-order valence-electron chi connectivity index (χ1n) is 8.19. The molecular weight excluding hydrogens is 292 g/mol. The van der Waals surface area contributed by atoms with Crippen molar-refractivity contribution in [1.29, 1.82) is 0 Å². The Bertz CT molecular complexity index is 504. The molecule has 0 aliphatic rings. The van der Waals surface area contributed by atoms with Crippen molar-refractivity contribution in [2.75, 3.05) is 6.61 Å². The Morgan fingerprint density at radius 1 is 1.17 bits per heavy atom. The van der Waals surface area contributed by atoms with E-state index in [1.54, 1.807) is 13.8 Å². The van der Waals surface area contributed by atoms with Crippen LogP contribution in [0.25, 0.3) is 0 Å². The number of hydrogen-bond donors (Lipinski definition) is 2. The van der Waals surface area contributed by atoms with E-state index in [0.717, 1.165) is 12.0 Å². The fourth-order valence-electron chi connectivity index (χ4n) is 2.31. The van der Waals surface area contributed by atoms with Crippen molar-refractivity contribution in [3.05, 3.63) is 35.9 Å². The summed E-state index contributed by atoms with van der Waals surface area (Å²) < 4.78 is 5.07. The molecule has 0 bridgehead atoms. The summed E-state index contributed by atoms with van der Waals surface area (Å²) >= 11 is 0. The van der Waals surface area contributed by atoms with Crippen LogP contribution in [0.5, 0.6) is 0 Å². The molecule has 0 heterocycles. The van der Waals surface area contributed by atoms with Crippen LogP contribution in [0.4, 0.5) is 0 Å². The van der Waals surface area contributed by atoms with Crippen molar-refractivity contribution in [3.8, 4) is 0 Å². The normalized spacial score (nSPS) is 16.0. The van der Waals surface area contributed by atoms with Gasteiger partial charge in [0.05, 0.1) is 12.5 Å². The summed E-state index contributed by atoms with van der Waals surface area (Å²) in [5.74, 6) is -1.08. The van der Waals surface area contributed by atoms with Crippen LogP contribution in [0.15, 0.2) is 30.3 Å². The Hall–Kier alpha value is -1.88. The molecule has 0 aliphatic carbocycles. The second-order valence-electron chi connectivity index (χ2n) is 5.85. The number of rotatable bonds is 8. The average molecular weight is 320 g/mol. The van der Waals surface area contributed by atoms with Crippen LogP contribution >= 0.6 is 0 Å². The minimum Gasteiger partial charge on any atom is -0.464 e. The zero-order chi connectivity index (χ0) is 17.4. The Labute approximate surface area is 138 Å². The highest BCUT2D eigenvalue weighted by Crippen LogP contribution is 2.20. The number of nitrogens with two attached hydrogens (primary N) is 1. The molecule has 0 aliphatic heterocycles. The van der Waals surface area contributed by atoms with Crippen LogP contribution in [-0.4, -0.2) is 24.5 Å². The standard InChI is InChI=1S/C18H28N2O3/c1-5-12(3)16(18(22)23-6-2)20-17(21)13(4)15(19)14-10-8-7-9-11-14/h7-13,15-16H,5-6,19H2,1-4H3,(H,20,21). The van der Waals surface area contributed by atoms with E-state index >= 15 is 0 Å². The van der Waals surface area contributed by atoms with Gasteiger partial charge < -0.3 is 15.8 Å². The van der Waals surface area contributed by atoms with Crippen molar-refractivity contribution in [1.82, 2.24) is 5.32 Å². The third kappa shape index (κ3) is 5.36. The summed E-state index contributed by atoms with van der Waals surface area (Å²) in [7, 11) is 0. The largest absolute Gasteiger partial charge is 0.464 e. The SMILES string of the molecule is CCOC(=O)C(NC(=O)C(C)C(N)c1ccccc1)C(C)CC. The predicted molar refractivity (Wildman–Crippen MR) is 90.6 cm³/mol. The van der Waals surface area contributed by atoms with Gasteiger partial charge in [-0.15, -0.1) is 0 Å². The predicted octanol–water partition coefficient (Wildman–Crippen LogP) is 2.42. The molecular formula is C18H28N2O3. The van der Waals surface area contributed by atoms with Crippen molar-refractivity contribution >= 4 is 11.9 Å². The van der Waals surface area contributed by atoms with E-state index in [9.17, 15) is 9.59 Å². The van der Waals surface area contributed by atoms with E-state index in [1.807, 2.05) is 44.2 Å². The summed E-state index contributed by atoms with van der Waals surface area (Å²) in [6, 6.07) is 8.41. The first kappa shape index (κ1) is 19.2. The molecule has 0 spiro atoms. The van der Waals surface area contributed by atoms with Crippen LogP contribution in [0.3, 0.4) is 0 Å². The van der Waals surface area contributed by atoms with Crippen LogP contribution < -0.4 is 11.1 Å². The highest BCUT2D eigenvalue weighted by Gasteiger charge is 2.30. The van der Waals surface area contributed by atoms with E-state index in [1.165, 1.54) is 0 Å². The summed E-state index contributed by atoms with van der Waals surface area (Å²) in [6.45, 7) is 7.71. The van der Waals surface area contributed by atoms with E-state index in [-0.39, 0.29) is 11.8 Å². The lowest BCUT2D eigenvalue weighted by Crippen LogP contribution is -2.49. The number of esters is 1. The molecule has 5 nitrogen and oxygen atoms in total. The van der Waals surface area contributed by atoms with Gasteiger partial charge in [-0.05, 0) is 18.4 Å². The molecule has 1 amide bonds. The van der Waals surface area contributed by atoms with Gasteiger partial charge in [0, 0.05) is 6.04 Å². The van der Waals surface area contributed by atoms with Crippen molar-refractivity contribution in [2.24, 2.45) is 17.6 Å². The first-order chi connectivity index (χ1) is 10.9. The fourth-order valence-corrected chi connectivity index (χ4v) is 2.31. The lowest BCUT2D eigenvalue weighted by molar-refractivity contribution is -0.149. The Morgan fingerprint density at radius 3 is 2.30 bits per heavy atom. The van der Waals surface area contributed by atoms with Gasteiger partial charge in [-0.2, -0.15) is 0 Å². The summed E-state index contributed by atoms with van der Waals surface area (Å²) in [6.07, 6.45) is 0.767. The molecule has 4 unspecified atom stereocenters. The van der Waals surface area contributed by atoms with E-state index in [2.05, 4.69) is 5.32 Å². The van der Waals surface area contributed by atoms with E-state index in [4.69, 9.17) is 10.5 Å². The Balaban J connectivity index is 2.79. The molecule has 128 valence electrons. The number of carbonyl (C=O) groups excluding carboxylic acids is 2. The molecule has 0 saturated carbocycles. The van der Waals surface area contributed by atoms with Gasteiger partial charge in [-0.3, -0.25) is 4.79 Å². The highest BCUT2D eigenvalue weighted by atomic mass is 16.5. The number of amides is 1. The number of hydrogen-bond acceptors (Lipinski definition) is 4. The molecule has 1 aromatic carbocycles. The summed E-state index contributed by atoms with van der Waals surface area (Å²) in [4.78, 5) is 24.6. The smallest absolute Gasteiger partial charge is 0.328 e. The van der Waals surface area contributed by atoms with Crippen molar-refractivity contribution in [2.45, 2.75) is 46.2 Å². The maximum Gasteiger partial charge on any atom is 0.328 e. The number of ether oxygens (including phenoxy) is 1. The van der Waals surface area contributed by atoms with Crippen LogP contribution in [-0.2, 0) is 14.3 Å². The van der Waals surface area contributed by atoms with Crippen LogP contribution in [0.2, 0.25) is 0 Å². The Kier molecular flexibility index (Phi) is 7.75. The summed E-state index contributed by atoms with van der Waals surface area (Å²) in [5, 5.41) is 2.81. The van der Waals surface area contributed by atoms with E-state index in [0.29, 0.717) is 6.61 Å². The molecule has 3 N–H and O–H groups in total. The van der Waals surface area contributed by atoms with Gasteiger partial charge >= 0.3 is 5.97 Å². The quantitative estimate of drug-likeness (QED) is 0.721. The molecule has 5 heteroatoms. The van der Waals surface area contributed by atoms with Gasteiger partial charge in [0.1, 0.15) is 6.04 Å². The zero-order valence-corrected chi connectivity index (χ0v) is 14.4. The third-order valence-corrected chi connectivity index (χ3v) is 4.19. The number of carbonyl (C=O) groups is 2. The van der Waals surface area contributed by atoms with E-state index < -0.39 is 24.0 Å². The molecule has 0 aromatic heterocycles. The van der Waals surface area contributed by atoms with Gasteiger partial charge in [-0.1, -0.05) is 57.5 Å². The Morgan fingerprint density at radius 2 is 1.78 bits per heavy atom. The van der Waals surface area contributed by atoms with Crippen molar-refractivity contribution < 1.29 is 14.3 Å². The first-order valence-corrected chi connectivity index (χ1v) is 8.19. The lowest BCUT2D eigenvalue weighted by Gasteiger charge is -2.26. The molecule has 0 fully saturated rings. The molecule has 4 atom stereocenters. The third-order valence-electron chi connectivity index (χ3n) is 4.19. The maximum atomic E-state index is 12.5. The van der Waals surface area contributed by atoms with Crippen molar-refractivity contribution in [3.63, 3.8) is 0 Å². The molecule has 1 rings (SSSR count). The van der Waals surface area contributed by atoms with Gasteiger partial charge in [0.25, 0.3) is 0 Å². The van der Waals surface area contributed by atoms with Gasteiger partial charge in [0.2, 0.25) is 5.91 Å². The second kappa shape index (κ2) is 9.30. The van der Waals surface area contributed by atoms with Gasteiger partial charge in [-0.25, -0.2) is 4.79 Å². The number of benzene rings is 1. The zero-order valence-electron chi connectivity index (χ0n) is 14.4. The average Bonchev–Trinajstić information content (AvgIpc) is 2.58. The molecule has 0 radical (unpaired) electrons. The van der Waals surface area contributed by atoms with Crippen LogP contribution in [0, 0.1) is 11.8 Å². The maximum absolute atomic E-state index is 12.5. The monoisotopic (exact) mass is 320 g/mol. The topological polar surface area (TPSA) is 81.4 Å². The summed E-state index contributed by atoms with van der Waals surface area (Å²) in [5.41, 5.74) is 7.08. The highest BCUT2D eigenvalue weighted by molar-refractivity contribution is 5.86. The lowest BCUT2D eigenvalue weighted by atomic mass is 9.93. The fraction of sp³-hybridized carbons (Fsp3) is 0.556. The molecule has 0 saturated heterocycles. The molecule has 23 heavy (non-hydrogen) atoms. The number of nitrogens with one attached hydrogen (secondary N) is 1. The van der Waals surface area contributed by atoms with Crippen LogP contribution in [0.1, 0.15) is 45.7 Å². The minimum absolute atomic E-state index is 0.00171. The van der Waals surface area contributed by atoms with Gasteiger partial charge in [0.15, 0.2) is 0 Å². The molecule has 1 aromatic rings. The minimum atomic E-state index is -0.641. The second-order valence-corrected chi connectivity index (χ2v) is 5.85.